The predicted octanol–water partition coefficient (Wildman–Crippen LogP) is 3.31. The van der Waals surface area contributed by atoms with Gasteiger partial charge in [-0.1, -0.05) is 49.4 Å². The minimum Gasteiger partial charge on any atom is -0.312 e. The van der Waals surface area contributed by atoms with Gasteiger partial charge in [0.15, 0.2) is 9.84 Å². The lowest BCUT2D eigenvalue weighted by Crippen LogP contribution is -2.30. The second-order valence-electron chi connectivity index (χ2n) is 5.46. The van der Waals surface area contributed by atoms with Crippen molar-refractivity contribution in [3.05, 3.63) is 48.0 Å². The first-order valence-electron chi connectivity index (χ1n) is 7.36. The molecule has 2 atom stereocenters. The quantitative estimate of drug-likeness (QED) is 0.890. The zero-order chi connectivity index (χ0) is 15.5. The molecule has 0 aromatic heterocycles. The average molecular weight is 305 g/mol. The van der Waals surface area contributed by atoms with Crippen LogP contribution in [0.1, 0.15) is 31.9 Å². The standard InChI is InChI=1S/C17H23NO2S/c1-4-13(2)21(19,20)12-17(18-3)16-11-7-9-14-8-5-6-10-15(14)16/h5-11,13,17-18H,4,12H2,1-3H3. The molecule has 4 heteroatoms. The Bertz CT molecular complexity index is 704. The Balaban J connectivity index is 2.41. The molecule has 2 aromatic rings. The van der Waals surface area contributed by atoms with Crippen LogP contribution in [0.25, 0.3) is 10.8 Å². The van der Waals surface area contributed by atoms with E-state index in [-0.39, 0.29) is 17.0 Å². The normalized spacial score (nSPS) is 15.0. The van der Waals surface area contributed by atoms with Crippen molar-refractivity contribution in [3.63, 3.8) is 0 Å². The topological polar surface area (TPSA) is 46.2 Å². The molecule has 0 aliphatic heterocycles. The van der Waals surface area contributed by atoms with E-state index in [0.29, 0.717) is 6.42 Å². The maximum atomic E-state index is 12.4. The molecule has 0 heterocycles. The Hall–Kier alpha value is -1.39. The van der Waals surface area contributed by atoms with Crippen LogP contribution in [-0.4, -0.2) is 26.5 Å². The smallest absolute Gasteiger partial charge is 0.154 e. The van der Waals surface area contributed by atoms with Crippen LogP contribution < -0.4 is 5.32 Å². The van der Waals surface area contributed by atoms with E-state index in [1.54, 1.807) is 6.92 Å². The zero-order valence-electron chi connectivity index (χ0n) is 12.8. The molecule has 3 nitrogen and oxygen atoms in total. The average Bonchev–Trinajstić information content (AvgIpc) is 2.51. The number of hydrogen-bond acceptors (Lipinski definition) is 3. The first-order valence-corrected chi connectivity index (χ1v) is 9.07. The highest BCUT2D eigenvalue weighted by Crippen LogP contribution is 2.26. The summed E-state index contributed by atoms with van der Waals surface area (Å²) in [4.78, 5) is 0. The summed E-state index contributed by atoms with van der Waals surface area (Å²) in [6.07, 6.45) is 0.647. The third-order valence-corrected chi connectivity index (χ3v) is 6.49. The van der Waals surface area contributed by atoms with E-state index in [4.69, 9.17) is 0 Å². The number of rotatable bonds is 6. The minimum atomic E-state index is -3.10. The summed E-state index contributed by atoms with van der Waals surface area (Å²) in [5, 5.41) is 5.11. The third-order valence-electron chi connectivity index (χ3n) is 4.13. The fourth-order valence-corrected chi connectivity index (χ4v) is 4.18. The molecule has 0 fully saturated rings. The van der Waals surface area contributed by atoms with E-state index >= 15 is 0 Å². The molecule has 0 saturated carbocycles. The van der Waals surface area contributed by atoms with E-state index in [1.807, 2.05) is 44.3 Å². The van der Waals surface area contributed by atoms with E-state index in [9.17, 15) is 8.42 Å². The SMILES string of the molecule is CCC(C)S(=O)(=O)CC(NC)c1cccc2ccccc12. The molecule has 2 unspecified atom stereocenters. The Morgan fingerprint density at radius 3 is 2.43 bits per heavy atom. The van der Waals surface area contributed by atoms with Crippen molar-refractivity contribution in [1.82, 2.24) is 5.32 Å². The van der Waals surface area contributed by atoms with E-state index < -0.39 is 9.84 Å². The third kappa shape index (κ3) is 3.44. The Morgan fingerprint density at radius 1 is 1.10 bits per heavy atom. The molecule has 114 valence electrons. The molecule has 0 saturated heterocycles. The van der Waals surface area contributed by atoms with Gasteiger partial charge in [0, 0.05) is 6.04 Å². The highest BCUT2D eigenvalue weighted by atomic mass is 32.2. The second-order valence-corrected chi connectivity index (χ2v) is 7.92. The van der Waals surface area contributed by atoms with Gasteiger partial charge in [-0.3, -0.25) is 0 Å². The van der Waals surface area contributed by atoms with Gasteiger partial charge in [0.2, 0.25) is 0 Å². The number of hydrogen-bond donors (Lipinski definition) is 1. The van der Waals surface area contributed by atoms with Crippen LogP contribution in [0, 0.1) is 0 Å². The van der Waals surface area contributed by atoms with Gasteiger partial charge in [-0.15, -0.1) is 0 Å². The van der Waals surface area contributed by atoms with E-state index in [2.05, 4.69) is 17.4 Å². The van der Waals surface area contributed by atoms with Gasteiger partial charge in [0.1, 0.15) is 0 Å². The van der Waals surface area contributed by atoms with Crippen LogP contribution >= 0.6 is 0 Å². The summed E-state index contributed by atoms with van der Waals surface area (Å²) >= 11 is 0. The zero-order valence-corrected chi connectivity index (χ0v) is 13.7. The van der Waals surface area contributed by atoms with Gasteiger partial charge in [-0.25, -0.2) is 8.42 Å². The highest BCUT2D eigenvalue weighted by Gasteiger charge is 2.25. The van der Waals surface area contributed by atoms with Crippen molar-refractivity contribution in [2.45, 2.75) is 31.6 Å². The van der Waals surface area contributed by atoms with Gasteiger partial charge < -0.3 is 5.32 Å². The first kappa shape index (κ1) is 16.0. The summed E-state index contributed by atoms with van der Waals surface area (Å²) in [7, 11) is -1.28. The van der Waals surface area contributed by atoms with Gasteiger partial charge >= 0.3 is 0 Å². The molecule has 0 radical (unpaired) electrons. The summed E-state index contributed by atoms with van der Waals surface area (Å²) in [5.41, 5.74) is 1.04. The summed E-state index contributed by atoms with van der Waals surface area (Å²) in [6.45, 7) is 3.69. The fraction of sp³-hybridized carbons (Fsp3) is 0.412. The molecule has 21 heavy (non-hydrogen) atoms. The number of benzene rings is 2. The fourth-order valence-electron chi connectivity index (χ4n) is 2.53. The van der Waals surface area contributed by atoms with Crippen molar-refractivity contribution in [2.75, 3.05) is 12.8 Å². The molecule has 0 bridgehead atoms. The molecule has 2 aromatic carbocycles. The van der Waals surface area contributed by atoms with Crippen LogP contribution in [0.15, 0.2) is 42.5 Å². The predicted molar refractivity (Wildman–Crippen MR) is 89.3 cm³/mol. The monoisotopic (exact) mass is 305 g/mol. The maximum Gasteiger partial charge on any atom is 0.154 e. The van der Waals surface area contributed by atoms with Gasteiger partial charge in [0.25, 0.3) is 0 Å². The summed E-state index contributed by atoms with van der Waals surface area (Å²) < 4.78 is 24.8. The van der Waals surface area contributed by atoms with Crippen molar-refractivity contribution in [2.24, 2.45) is 0 Å². The van der Waals surface area contributed by atoms with E-state index in [1.165, 1.54) is 0 Å². The summed E-state index contributed by atoms with van der Waals surface area (Å²) in [6, 6.07) is 13.9. The number of fused-ring (bicyclic) bond motifs is 1. The molecule has 0 aliphatic rings. The van der Waals surface area contributed by atoms with Crippen LogP contribution in [0.2, 0.25) is 0 Å². The minimum absolute atomic E-state index is 0.131. The van der Waals surface area contributed by atoms with Gasteiger partial charge in [-0.2, -0.15) is 0 Å². The Labute approximate surface area is 127 Å². The lowest BCUT2D eigenvalue weighted by atomic mass is 10.00. The van der Waals surface area contributed by atoms with Crippen LogP contribution in [0.5, 0.6) is 0 Å². The Kier molecular flexibility index (Phi) is 5.01. The lowest BCUT2D eigenvalue weighted by molar-refractivity contribution is 0.562. The van der Waals surface area contributed by atoms with Crippen LogP contribution in [0.3, 0.4) is 0 Å². The van der Waals surface area contributed by atoms with Gasteiger partial charge in [0.05, 0.1) is 11.0 Å². The van der Waals surface area contributed by atoms with Crippen molar-refractivity contribution >= 4 is 20.6 Å². The molecule has 0 aliphatic carbocycles. The van der Waals surface area contributed by atoms with Gasteiger partial charge in [-0.05, 0) is 36.7 Å². The molecule has 0 spiro atoms. The van der Waals surface area contributed by atoms with Crippen molar-refractivity contribution < 1.29 is 8.42 Å². The molecule has 2 rings (SSSR count). The lowest BCUT2D eigenvalue weighted by Gasteiger charge is -2.21. The number of sulfone groups is 1. The molecular weight excluding hydrogens is 282 g/mol. The van der Waals surface area contributed by atoms with Crippen molar-refractivity contribution in [3.8, 4) is 0 Å². The molecule has 1 N–H and O–H groups in total. The second kappa shape index (κ2) is 6.58. The van der Waals surface area contributed by atoms with E-state index in [0.717, 1.165) is 16.3 Å². The Morgan fingerprint density at radius 2 is 1.76 bits per heavy atom. The largest absolute Gasteiger partial charge is 0.312 e. The van der Waals surface area contributed by atoms with Crippen LogP contribution in [-0.2, 0) is 9.84 Å². The molecule has 0 amide bonds. The molecular formula is C17H23NO2S. The summed E-state index contributed by atoms with van der Waals surface area (Å²) in [5.74, 6) is 0.131. The van der Waals surface area contributed by atoms with Crippen molar-refractivity contribution in [1.29, 1.82) is 0 Å². The van der Waals surface area contributed by atoms with Crippen LogP contribution in [0.4, 0.5) is 0 Å². The first-order chi connectivity index (χ1) is 9.99. The highest BCUT2D eigenvalue weighted by molar-refractivity contribution is 7.92. The number of nitrogens with one attached hydrogen (secondary N) is 1. The maximum absolute atomic E-state index is 12.4.